The van der Waals surface area contributed by atoms with Gasteiger partial charge in [-0.05, 0) is 57.1 Å². The Labute approximate surface area is 195 Å². The Hall–Kier alpha value is -3.16. The minimum absolute atomic E-state index is 0.00842. The molecule has 1 aromatic heterocycles. The van der Waals surface area contributed by atoms with Gasteiger partial charge in [-0.3, -0.25) is 9.69 Å². The molecule has 2 aromatic rings. The van der Waals surface area contributed by atoms with Crippen LogP contribution < -0.4 is 15.5 Å². The number of quaternary nitrogens is 1. The summed E-state index contributed by atoms with van der Waals surface area (Å²) in [6.07, 6.45) is -0.273. The lowest BCUT2D eigenvalue weighted by atomic mass is 9.99. The predicted molar refractivity (Wildman–Crippen MR) is 123 cm³/mol. The van der Waals surface area contributed by atoms with Crippen molar-refractivity contribution >= 4 is 17.2 Å². The van der Waals surface area contributed by atoms with Crippen molar-refractivity contribution in [2.75, 3.05) is 19.4 Å². The molecule has 3 heterocycles. The van der Waals surface area contributed by atoms with Gasteiger partial charge in [-0.1, -0.05) is 11.2 Å². The minimum Gasteiger partial charge on any atom is -0.335 e. The molecule has 2 fully saturated rings. The van der Waals surface area contributed by atoms with E-state index in [1.54, 1.807) is 25.3 Å². The first-order chi connectivity index (χ1) is 16.1. The first-order valence-corrected chi connectivity index (χ1v) is 11.3. The van der Waals surface area contributed by atoms with Crippen LogP contribution in [0.2, 0.25) is 0 Å². The zero-order valence-corrected chi connectivity index (χ0v) is 19.1. The van der Waals surface area contributed by atoms with Crippen molar-refractivity contribution < 1.29 is 13.2 Å². The van der Waals surface area contributed by atoms with Crippen molar-refractivity contribution in [3.63, 3.8) is 0 Å². The smallest absolute Gasteiger partial charge is 0.335 e. The summed E-state index contributed by atoms with van der Waals surface area (Å²) in [4.78, 5) is 16.6. The van der Waals surface area contributed by atoms with Crippen molar-refractivity contribution in [3.05, 3.63) is 57.5 Å². The van der Waals surface area contributed by atoms with Gasteiger partial charge in [0.05, 0.1) is 12.5 Å². The number of aromatic nitrogens is 1. The molecule has 0 bridgehead atoms. The van der Waals surface area contributed by atoms with Crippen LogP contribution in [0.4, 0.5) is 24.5 Å². The normalized spacial score (nSPS) is 26.2. The fraction of sp³-hybridized carbons (Fsp3) is 0.458. The summed E-state index contributed by atoms with van der Waals surface area (Å²) in [6.45, 7) is 1.64. The maximum absolute atomic E-state index is 13.6. The number of pyridine rings is 1. The number of alkyl halides is 3. The van der Waals surface area contributed by atoms with E-state index in [2.05, 4.69) is 16.4 Å². The van der Waals surface area contributed by atoms with Crippen LogP contribution in [-0.2, 0) is 0 Å². The molecule has 7 nitrogen and oxygen atoms in total. The number of halogens is 3. The van der Waals surface area contributed by atoms with Gasteiger partial charge in [0.1, 0.15) is 6.04 Å². The predicted octanol–water partition coefficient (Wildman–Crippen LogP) is 4.02. The molecule has 3 aliphatic rings. The highest BCUT2D eigenvalue weighted by molar-refractivity contribution is 6.14. The Balaban J connectivity index is 1.51. The van der Waals surface area contributed by atoms with Crippen LogP contribution in [0.3, 0.4) is 0 Å². The van der Waals surface area contributed by atoms with E-state index < -0.39 is 12.2 Å². The number of H-pyrrole nitrogens is 1. The fourth-order valence-corrected chi connectivity index (χ4v) is 5.62. The monoisotopic (exact) mass is 471 g/mol. The number of amidine groups is 1. The first-order valence-electron chi connectivity index (χ1n) is 11.3. The number of aromatic amines is 1. The van der Waals surface area contributed by atoms with E-state index in [0.29, 0.717) is 35.0 Å². The molecule has 5 rings (SSSR count). The summed E-state index contributed by atoms with van der Waals surface area (Å²) >= 11 is 0. The summed E-state index contributed by atoms with van der Waals surface area (Å²) in [7, 11) is 2.81. The third kappa shape index (κ3) is 3.42. The van der Waals surface area contributed by atoms with Crippen LogP contribution in [0.5, 0.6) is 0 Å². The zero-order valence-electron chi connectivity index (χ0n) is 19.1. The highest BCUT2D eigenvalue weighted by atomic mass is 19.4. The van der Waals surface area contributed by atoms with Crippen LogP contribution in [0.25, 0.3) is 0 Å². The van der Waals surface area contributed by atoms with Crippen molar-refractivity contribution in [1.29, 1.82) is 5.26 Å². The standard InChI is InChI=1S/C24H25F3N6O/c1-13-12-15(6-7-16(13)21(32(2)3)24(25,26)27)30-22-19-17(9-11-29-23(19)34)33(31-22)18(8-10-28)20(33)14-4-5-14/h6-7,9,11-12,14,18,20-21H,4-5,8H2,1-3H3,(H-,29,30,31,34)/p+1/t18-,20?,21?,33?/m0/s1. The Morgan fingerprint density at radius 3 is 2.65 bits per heavy atom. The second-order valence-electron chi connectivity index (χ2n) is 9.62. The molecule has 2 N–H and O–H groups in total. The molecular formula is C24H26F3N6O+. The number of nitrogens with zero attached hydrogens (tertiary/aromatic N) is 4. The van der Waals surface area contributed by atoms with Crippen LogP contribution >= 0.6 is 0 Å². The highest BCUT2D eigenvalue weighted by Crippen LogP contribution is 2.59. The lowest BCUT2D eigenvalue weighted by Crippen LogP contribution is -2.33. The quantitative estimate of drug-likeness (QED) is 0.510. The van der Waals surface area contributed by atoms with Gasteiger partial charge < -0.3 is 10.3 Å². The molecule has 0 radical (unpaired) electrons. The third-order valence-electron chi connectivity index (χ3n) is 7.15. The molecule has 4 atom stereocenters. The summed E-state index contributed by atoms with van der Waals surface area (Å²) < 4.78 is 41.2. The number of nitriles is 1. The summed E-state index contributed by atoms with van der Waals surface area (Å²) in [5.41, 5.74) is 2.13. The Bertz CT molecular complexity index is 1270. The number of anilines is 1. The van der Waals surface area contributed by atoms with Crippen LogP contribution in [0.1, 0.15) is 42.0 Å². The maximum Gasteiger partial charge on any atom is 0.408 e. The lowest BCUT2D eigenvalue weighted by molar-refractivity contribution is -0.179. The number of fused-ring (bicyclic) bond motifs is 2. The van der Waals surface area contributed by atoms with Crippen molar-refractivity contribution in [2.45, 2.75) is 50.5 Å². The van der Waals surface area contributed by atoms with E-state index in [-0.39, 0.29) is 27.8 Å². The molecule has 0 amide bonds. The first kappa shape index (κ1) is 22.6. The van der Waals surface area contributed by atoms with E-state index in [4.69, 9.17) is 5.10 Å². The zero-order chi connectivity index (χ0) is 24.4. The number of hydrogen-bond acceptors (Lipinski definition) is 5. The Kier molecular flexibility index (Phi) is 5.11. The van der Waals surface area contributed by atoms with Crippen LogP contribution in [-0.4, -0.2) is 48.1 Å². The number of rotatable bonds is 5. The molecule has 1 saturated heterocycles. The Morgan fingerprint density at radius 2 is 2.06 bits per heavy atom. The highest BCUT2D eigenvalue weighted by Gasteiger charge is 2.76. The van der Waals surface area contributed by atoms with Gasteiger partial charge in [0.15, 0.2) is 23.3 Å². The summed E-state index contributed by atoms with van der Waals surface area (Å²) in [5.74, 6) is 0.871. The largest absolute Gasteiger partial charge is 0.408 e. The van der Waals surface area contributed by atoms with E-state index in [9.17, 15) is 23.2 Å². The molecule has 3 unspecified atom stereocenters. The molecule has 1 saturated carbocycles. The van der Waals surface area contributed by atoms with Crippen LogP contribution in [0.15, 0.2) is 40.4 Å². The van der Waals surface area contributed by atoms with E-state index in [1.807, 2.05) is 6.07 Å². The topological polar surface area (TPSA) is 84.3 Å². The van der Waals surface area contributed by atoms with Crippen molar-refractivity contribution in [1.82, 2.24) is 14.5 Å². The number of benzene rings is 1. The number of aryl methyl sites for hydroxylation is 1. The molecule has 1 aliphatic carbocycles. The summed E-state index contributed by atoms with van der Waals surface area (Å²) in [5, 5.41) is 17.5. The van der Waals surface area contributed by atoms with E-state index >= 15 is 0 Å². The van der Waals surface area contributed by atoms with Crippen molar-refractivity contribution in [3.8, 4) is 6.07 Å². The molecule has 1 aromatic carbocycles. The summed E-state index contributed by atoms with van der Waals surface area (Å²) in [6, 6.07) is 7.28. The van der Waals surface area contributed by atoms with Crippen LogP contribution in [0, 0.1) is 24.2 Å². The van der Waals surface area contributed by atoms with Gasteiger partial charge in [-0.2, -0.15) is 18.4 Å². The molecule has 1 spiro atoms. The average molecular weight is 472 g/mol. The van der Waals surface area contributed by atoms with E-state index in [1.165, 1.54) is 20.2 Å². The second-order valence-corrected chi connectivity index (χ2v) is 9.62. The number of hydrogen-bond donors (Lipinski definition) is 2. The average Bonchev–Trinajstić information content (AvgIpc) is 3.63. The number of nitrogens with one attached hydrogen (secondary N) is 2. The third-order valence-corrected chi connectivity index (χ3v) is 7.15. The minimum atomic E-state index is -4.41. The van der Waals surface area contributed by atoms with Gasteiger partial charge in [-0.15, -0.1) is 4.59 Å². The fourth-order valence-electron chi connectivity index (χ4n) is 5.62. The Morgan fingerprint density at radius 1 is 1.32 bits per heavy atom. The van der Waals surface area contributed by atoms with Gasteiger partial charge in [-0.25, -0.2) is 0 Å². The van der Waals surface area contributed by atoms with Gasteiger partial charge in [0.2, 0.25) is 5.84 Å². The van der Waals surface area contributed by atoms with Crippen molar-refractivity contribution in [2.24, 2.45) is 11.0 Å². The lowest BCUT2D eigenvalue weighted by Gasteiger charge is -2.28. The molecule has 2 aliphatic heterocycles. The van der Waals surface area contributed by atoms with E-state index in [0.717, 1.165) is 23.4 Å². The van der Waals surface area contributed by atoms with Gasteiger partial charge in [0.25, 0.3) is 5.56 Å². The molecule has 178 valence electrons. The SMILES string of the molecule is Cc1cc(NC2=N[N+]3(c4cc[nH]c(=O)c42)C(C2CC2)[C@@H]3CC#N)ccc1C(N(C)C)C(F)(F)F. The molecule has 34 heavy (non-hydrogen) atoms. The van der Waals surface area contributed by atoms with Gasteiger partial charge in [0, 0.05) is 23.9 Å². The maximum atomic E-state index is 13.6. The molecule has 10 heteroatoms. The second kappa shape index (κ2) is 7.68. The van der Waals surface area contributed by atoms with Gasteiger partial charge >= 0.3 is 6.18 Å². The molecular weight excluding hydrogens is 445 g/mol.